The topological polar surface area (TPSA) is 66.4 Å². The molecule has 1 aromatic rings. The first-order valence-electron chi connectivity index (χ1n) is 4.85. The highest BCUT2D eigenvalue weighted by Crippen LogP contribution is 2.17. The van der Waals surface area contributed by atoms with Gasteiger partial charge in [0.2, 0.25) is 10.0 Å². The summed E-state index contributed by atoms with van der Waals surface area (Å²) in [6, 6.07) is 6.69. The Bertz CT molecular complexity index is 414. The van der Waals surface area contributed by atoms with E-state index < -0.39 is 10.0 Å². The van der Waals surface area contributed by atoms with Gasteiger partial charge in [-0.1, -0.05) is 0 Å². The summed E-state index contributed by atoms with van der Waals surface area (Å²) in [7, 11) is -3.43. The van der Waals surface area contributed by atoms with Crippen molar-refractivity contribution in [2.24, 2.45) is 0 Å². The van der Waals surface area contributed by atoms with Crippen LogP contribution in [0.1, 0.15) is 6.42 Å². The van der Waals surface area contributed by atoms with Gasteiger partial charge in [-0.05, 0) is 36.9 Å². The second-order valence-electron chi connectivity index (χ2n) is 3.15. The molecule has 4 nitrogen and oxygen atoms in total. The quantitative estimate of drug-likeness (QED) is 0.594. The van der Waals surface area contributed by atoms with Crippen LogP contribution in [0, 0.1) is 0 Å². The van der Waals surface area contributed by atoms with E-state index in [1.807, 2.05) is 6.26 Å². The van der Waals surface area contributed by atoms with Gasteiger partial charge in [0.05, 0.1) is 4.90 Å². The van der Waals surface area contributed by atoms with Crippen molar-refractivity contribution >= 4 is 21.8 Å². The molecule has 90 valence electrons. The highest BCUT2D eigenvalue weighted by molar-refractivity contribution is 7.98. The first-order chi connectivity index (χ1) is 7.60. The van der Waals surface area contributed by atoms with Crippen molar-refractivity contribution in [2.45, 2.75) is 16.2 Å². The predicted octanol–water partition coefficient (Wildman–Crippen LogP) is 1.07. The van der Waals surface area contributed by atoms with Crippen molar-refractivity contribution in [3.63, 3.8) is 0 Å². The van der Waals surface area contributed by atoms with E-state index in [4.69, 9.17) is 5.11 Å². The Morgan fingerprint density at radius 3 is 2.44 bits per heavy atom. The molecule has 0 spiro atoms. The van der Waals surface area contributed by atoms with Gasteiger partial charge >= 0.3 is 0 Å². The molecule has 0 atom stereocenters. The van der Waals surface area contributed by atoms with E-state index in [0.29, 0.717) is 6.42 Å². The third-order valence-corrected chi connectivity index (χ3v) is 4.22. The van der Waals surface area contributed by atoms with E-state index in [1.165, 1.54) is 0 Å². The molecule has 0 radical (unpaired) electrons. The molecule has 2 N–H and O–H groups in total. The monoisotopic (exact) mass is 261 g/mol. The molecule has 0 heterocycles. The van der Waals surface area contributed by atoms with E-state index >= 15 is 0 Å². The van der Waals surface area contributed by atoms with E-state index in [-0.39, 0.29) is 18.0 Å². The first kappa shape index (κ1) is 13.5. The molecule has 0 bridgehead atoms. The molecule has 0 saturated heterocycles. The SMILES string of the molecule is CSc1ccc(S(=O)(=O)NCCCO)cc1. The maximum atomic E-state index is 11.7. The summed E-state index contributed by atoms with van der Waals surface area (Å²) < 4.78 is 25.8. The van der Waals surface area contributed by atoms with Crippen LogP contribution in [0.5, 0.6) is 0 Å². The van der Waals surface area contributed by atoms with Gasteiger partial charge in [-0.15, -0.1) is 11.8 Å². The number of aliphatic hydroxyl groups excluding tert-OH is 1. The summed E-state index contributed by atoms with van der Waals surface area (Å²) in [6.07, 6.45) is 2.35. The normalized spacial score (nSPS) is 11.6. The second-order valence-corrected chi connectivity index (χ2v) is 5.80. The Labute approximate surface area is 100 Å². The molecule has 0 aliphatic heterocycles. The van der Waals surface area contributed by atoms with Crippen molar-refractivity contribution < 1.29 is 13.5 Å². The van der Waals surface area contributed by atoms with Crippen LogP contribution in [-0.4, -0.2) is 32.9 Å². The average molecular weight is 261 g/mol. The third-order valence-electron chi connectivity index (χ3n) is 2.00. The van der Waals surface area contributed by atoms with Gasteiger partial charge in [0.15, 0.2) is 0 Å². The number of sulfonamides is 1. The van der Waals surface area contributed by atoms with Crippen LogP contribution < -0.4 is 4.72 Å². The van der Waals surface area contributed by atoms with Crippen molar-refractivity contribution in [3.05, 3.63) is 24.3 Å². The Hall–Kier alpha value is -0.560. The Morgan fingerprint density at radius 1 is 1.31 bits per heavy atom. The highest BCUT2D eigenvalue weighted by atomic mass is 32.2. The highest BCUT2D eigenvalue weighted by Gasteiger charge is 2.12. The van der Waals surface area contributed by atoms with Crippen LogP contribution in [0.4, 0.5) is 0 Å². The van der Waals surface area contributed by atoms with Gasteiger partial charge in [0, 0.05) is 18.0 Å². The number of nitrogens with one attached hydrogen (secondary N) is 1. The summed E-state index contributed by atoms with van der Waals surface area (Å²) in [6.45, 7) is 0.233. The zero-order valence-corrected chi connectivity index (χ0v) is 10.6. The van der Waals surface area contributed by atoms with Crippen LogP contribution in [0.3, 0.4) is 0 Å². The fourth-order valence-corrected chi connectivity index (χ4v) is 2.61. The van der Waals surface area contributed by atoms with E-state index in [1.54, 1.807) is 36.0 Å². The molecular weight excluding hydrogens is 246 g/mol. The summed E-state index contributed by atoms with van der Waals surface area (Å²) >= 11 is 1.56. The van der Waals surface area contributed by atoms with Crippen molar-refractivity contribution in [2.75, 3.05) is 19.4 Å². The fraction of sp³-hybridized carbons (Fsp3) is 0.400. The van der Waals surface area contributed by atoms with Gasteiger partial charge < -0.3 is 5.11 Å². The Kier molecular flexibility index (Phi) is 5.27. The van der Waals surface area contributed by atoms with E-state index in [9.17, 15) is 8.42 Å². The molecule has 16 heavy (non-hydrogen) atoms. The lowest BCUT2D eigenvalue weighted by Crippen LogP contribution is -2.25. The van der Waals surface area contributed by atoms with Crippen molar-refractivity contribution in [3.8, 4) is 0 Å². The third kappa shape index (κ3) is 3.79. The van der Waals surface area contributed by atoms with Crippen LogP contribution >= 0.6 is 11.8 Å². The number of rotatable bonds is 6. The Balaban J connectivity index is 2.74. The molecule has 6 heteroatoms. The molecule has 0 saturated carbocycles. The second kappa shape index (κ2) is 6.24. The number of hydrogen-bond acceptors (Lipinski definition) is 4. The van der Waals surface area contributed by atoms with E-state index in [2.05, 4.69) is 4.72 Å². The summed E-state index contributed by atoms with van der Waals surface area (Å²) in [5.41, 5.74) is 0. The predicted molar refractivity (Wildman–Crippen MR) is 65.1 cm³/mol. The smallest absolute Gasteiger partial charge is 0.240 e. The molecule has 0 aliphatic carbocycles. The zero-order valence-electron chi connectivity index (χ0n) is 9.01. The van der Waals surface area contributed by atoms with Crippen LogP contribution in [0.15, 0.2) is 34.1 Å². The molecule has 0 fully saturated rings. The minimum atomic E-state index is -3.43. The lowest BCUT2D eigenvalue weighted by molar-refractivity contribution is 0.289. The van der Waals surface area contributed by atoms with Gasteiger partial charge in [-0.25, -0.2) is 13.1 Å². The minimum absolute atomic E-state index is 0.0199. The van der Waals surface area contributed by atoms with Crippen LogP contribution in [0.25, 0.3) is 0 Å². The standard InChI is InChI=1S/C10H15NO3S2/c1-15-9-3-5-10(6-4-9)16(13,14)11-7-2-8-12/h3-6,11-12H,2,7-8H2,1H3. The average Bonchev–Trinajstić information content (AvgIpc) is 2.29. The molecular formula is C10H15NO3S2. The molecule has 0 amide bonds. The van der Waals surface area contributed by atoms with Crippen molar-refractivity contribution in [1.82, 2.24) is 4.72 Å². The zero-order chi connectivity index (χ0) is 12.0. The summed E-state index contributed by atoms with van der Waals surface area (Å²) in [4.78, 5) is 1.28. The Morgan fingerprint density at radius 2 is 1.94 bits per heavy atom. The molecule has 0 unspecified atom stereocenters. The first-order valence-corrected chi connectivity index (χ1v) is 7.55. The molecule has 0 aromatic heterocycles. The number of hydrogen-bond donors (Lipinski definition) is 2. The van der Waals surface area contributed by atoms with Crippen LogP contribution in [-0.2, 0) is 10.0 Å². The molecule has 1 aromatic carbocycles. The lowest BCUT2D eigenvalue weighted by atomic mass is 10.4. The minimum Gasteiger partial charge on any atom is -0.396 e. The lowest BCUT2D eigenvalue weighted by Gasteiger charge is -2.06. The maximum Gasteiger partial charge on any atom is 0.240 e. The van der Waals surface area contributed by atoms with Gasteiger partial charge in [-0.2, -0.15) is 0 Å². The van der Waals surface area contributed by atoms with Crippen LogP contribution in [0.2, 0.25) is 0 Å². The van der Waals surface area contributed by atoms with E-state index in [0.717, 1.165) is 4.90 Å². The van der Waals surface area contributed by atoms with Gasteiger partial charge in [0.1, 0.15) is 0 Å². The number of aliphatic hydroxyl groups is 1. The molecule has 0 aliphatic rings. The summed E-state index contributed by atoms with van der Waals surface area (Å²) in [5.74, 6) is 0. The number of benzene rings is 1. The fourth-order valence-electron chi connectivity index (χ4n) is 1.12. The maximum absolute atomic E-state index is 11.7. The summed E-state index contributed by atoms with van der Waals surface area (Å²) in [5, 5.41) is 8.56. The number of thioether (sulfide) groups is 1. The molecule has 1 rings (SSSR count). The van der Waals surface area contributed by atoms with Gasteiger partial charge in [0.25, 0.3) is 0 Å². The largest absolute Gasteiger partial charge is 0.396 e. The van der Waals surface area contributed by atoms with Crippen molar-refractivity contribution in [1.29, 1.82) is 0 Å². The van der Waals surface area contributed by atoms with Gasteiger partial charge in [-0.3, -0.25) is 0 Å².